The molecule has 0 fully saturated rings. The van der Waals surface area contributed by atoms with Crippen molar-refractivity contribution in [1.82, 2.24) is 4.90 Å². The molecule has 0 heterocycles. The highest BCUT2D eigenvalue weighted by atomic mass is 35.5. The molecule has 0 aliphatic rings. The van der Waals surface area contributed by atoms with Crippen LogP contribution in [0.5, 0.6) is 17.2 Å². The molecular weight excluding hydrogens is 403 g/mol. The molecule has 0 saturated carbocycles. The average Bonchev–Trinajstić information content (AvgIpc) is 2.68. The van der Waals surface area contributed by atoms with Gasteiger partial charge in [-0.2, -0.15) is 0 Å². The number of benzene rings is 2. The van der Waals surface area contributed by atoms with Crippen molar-refractivity contribution in [2.24, 2.45) is 0 Å². The molecule has 28 heavy (non-hydrogen) atoms. The molecule has 1 amide bonds. The minimum absolute atomic E-state index is 0.143. The van der Waals surface area contributed by atoms with Crippen molar-refractivity contribution in [3.63, 3.8) is 0 Å². The zero-order valence-electron chi connectivity index (χ0n) is 16.3. The smallest absolute Gasteiger partial charge is 0.225 e. The maximum atomic E-state index is 12.2. The maximum Gasteiger partial charge on any atom is 0.225 e. The van der Waals surface area contributed by atoms with Crippen LogP contribution in [0.25, 0.3) is 0 Å². The number of hydrogen-bond acceptors (Lipinski definition) is 5. The van der Waals surface area contributed by atoms with Gasteiger partial charge in [0.2, 0.25) is 11.7 Å². The quantitative estimate of drug-likeness (QED) is 0.640. The van der Waals surface area contributed by atoms with Gasteiger partial charge in [-0.05, 0) is 31.3 Å². The number of anilines is 1. The Morgan fingerprint density at radius 1 is 1.04 bits per heavy atom. The van der Waals surface area contributed by atoms with Crippen LogP contribution in [0.1, 0.15) is 12.0 Å². The summed E-state index contributed by atoms with van der Waals surface area (Å²) in [5, 5.41) is 3.74. The van der Waals surface area contributed by atoms with Gasteiger partial charge >= 0.3 is 0 Å². The second-order valence-electron chi connectivity index (χ2n) is 6.15. The number of carbonyl (C=O) groups excluding carboxylic acids is 1. The zero-order valence-corrected chi connectivity index (χ0v) is 17.9. The van der Waals surface area contributed by atoms with Gasteiger partial charge in [-0.3, -0.25) is 4.79 Å². The van der Waals surface area contributed by atoms with Crippen molar-refractivity contribution in [2.75, 3.05) is 40.2 Å². The number of carbonyl (C=O) groups is 1. The van der Waals surface area contributed by atoms with Gasteiger partial charge in [-0.15, -0.1) is 0 Å². The Balaban J connectivity index is 1.98. The molecular formula is C20H24Cl2N2O4. The summed E-state index contributed by atoms with van der Waals surface area (Å²) in [5.41, 5.74) is 1.43. The van der Waals surface area contributed by atoms with Gasteiger partial charge in [0.05, 0.1) is 32.0 Å². The van der Waals surface area contributed by atoms with Gasteiger partial charge in [0.25, 0.3) is 0 Å². The molecule has 0 bridgehead atoms. The first-order chi connectivity index (χ1) is 13.4. The van der Waals surface area contributed by atoms with E-state index in [0.29, 0.717) is 52.5 Å². The Bertz CT molecular complexity index is 830. The van der Waals surface area contributed by atoms with Crippen molar-refractivity contribution in [3.8, 4) is 17.2 Å². The Labute approximate surface area is 175 Å². The molecule has 0 radical (unpaired) electrons. The molecule has 8 heteroatoms. The van der Waals surface area contributed by atoms with E-state index < -0.39 is 0 Å². The van der Waals surface area contributed by atoms with Crippen LogP contribution in [-0.4, -0.2) is 45.7 Å². The van der Waals surface area contributed by atoms with Gasteiger partial charge in [0.15, 0.2) is 11.5 Å². The Hall–Kier alpha value is -2.15. The van der Waals surface area contributed by atoms with E-state index in [1.54, 1.807) is 39.5 Å². The number of rotatable bonds is 9. The molecule has 2 aromatic carbocycles. The first kappa shape index (κ1) is 22.1. The summed E-state index contributed by atoms with van der Waals surface area (Å²) in [4.78, 5) is 14.3. The summed E-state index contributed by atoms with van der Waals surface area (Å²) < 4.78 is 16.2. The molecule has 6 nitrogen and oxygen atoms in total. The number of nitrogens with one attached hydrogen (secondary N) is 1. The molecule has 1 N–H and O–H groups in total. The largest absolute Gasteiger partial charge is 0.493 e. The van der Waals surface area contributed by atoms with E-state index in [1.807, 2.05) is 24.1 Å². The van der Waals surface area contributed by atoms with Crippen molar-refractivity contribution < 1.29 is 19.0 Å². The lowest BCUT2D eigenvalue weighted by Gasteiger charge is -2.20. The minimum Gasteiger partial charge on any atom is -0.493 e. The van der Waals surface area contributed by atoms with Gasteiger partial charge in [0.1, 0.15) is 0 Å². The molecule has 2 rings (SSSR count). The molecule has 0 atom stereocenters. The maximum absolute atomic E-state index is 12.2. The summed E-state index contributed by atoms with van der Waals surface area (Å²) in [7, 11) is 6.66. The van der Waals surface area contributed by atoms with E-state index in [1.165, 1.54) is 0 Å². The highest BCUT2D eigenvalue weighted by Crippen LogP contribution is 2.40. The zero-order chi connectivity index (χ0) is 20.7. The Morgan fingerprint density at radius 3 is 2.39 bits per heavy atom. The Morgan fingerprint density at radius 2 is 1.75 bits per heavy atom. The normalized spacial score (nSPS) is 10.7. The number of methoxy groups -OCH3 is 3. The first-order valence-corrected chi connectivity index (χ1v) is 9.36. The minimum atomic E-state index is -0.143. The highest BCUT2D eigenvalue weighted by molar-refractivity contribution is 6.35. The molecule has 0 aliphatic heterocycles. The van der Waals surface area contributed by atoms with Gasteiger partial charge in [0, 0.05) is 30.1 Å². The summed E-state index contributed by atoms with van der Waals surface area (Å²) in [6, 6.07) is 8.69. The van der Waals surface area contributed by atoms with E-state index in [-0.39, 0.29) is 5.91 Å². The third-order valence-electron chi connectivity index (χ3n) is 4.15. The van der Waals surface area contributed by atoms with Crippen LogP contribution in [0.4, 0.5) is 5.69 Å². The van der Waals surface area contributed by atoms with Crippen LogP contribution in [0, 0.1) is 0 Å². The predicted molar refractivity (Wildman–Crippen MR) is 112 cm³/mol. The lowest BCUT2D eigenvalue weighted by Crippen LogP contribution is -2.24. The van der Waals surface area contributed by atoms with Crippen LogP contribution in [-0.2, 0) is 11.3 Å². The fourth-order valence-corrected chi connectivity index (χ4v) is 3.09. The predicted octanol–water partition coefficient (Wildman–Crippen LogP) is 4.48. The van der Waals surface area contributed by atoms with E-state index in [9.17, 15) is 4.79 Å². The summed E-state index contributed by atoms with van der Waals surface area (Å²) >= 11 is 12.0. The second-order valence-corrected chi connectivity index (χ2v) is 7.00. The van der Waals surface area contributed by atoms with Gasteiger partial charge in [-0.1, -0.05) is 29.3 Å². The van der Waals surface area contributed by atoms with Gasteiger partial charge in [-0.25, -0.2) is 0 Å². The lowest BCUT2D eigenvalue weighted by molar-refractivity contribution is -0.116. The van der Waals surface area contributed by atoms with Crippen LogP contribution in [0.2, 0.25) is 10.0 Å². The van der Waals surface area contributed by atoms with Crippen LogP contribution in [0.15, 0.2) is 30.3 Å². The average molecular weight is 427 g/mol. The molecule has 0 spiro atoms. The van der Waals surface area contributed by atoms with Crippen molar-refractivity contribution in [1.29, 1.82) is 0 Å². The molecule has 0 aliphatic carbocycles. The van der Waals surface area contributed by atoms with Crippen molar-refractivity contribution >= 4 is 34.8 Å². The van der Waals surface area contributed by atoms with E-state index in [4.69, 9.17) is 37.4 Å². The number of halogens is 2. The molecule has 0 unspecified atom stereocenters. The highest BCUT2D eigenvalue weighted by Gasteiger charge is 2.17. The number of hydrogen-bond donors (Lipinski definition) is 1. The van der Waals surface area contributed by atoms with E-state index in [2.05, 4.69) is 5.32 Å². The Kier molecular flexibility index (Phi) is 8.23. The topological polar surface area (TPSA) is 60.0 Å². The van der Waals surface area contributed by atoms with Crippen molar-refractivity contribution in [2.45, 2.75) is 13.0 Å². The molecule has 152 valence electrons. The fourth-order valence-electron chi connectivity index (χ4n) is 2.76. The summed E-state index contributed by atoms with van der Waals surface area (Å²) in [5.74, 6) is 1.62. The number of nitrogens with zero attached hydrogens (tertiary/aromatic N) is 1. The van der Waals surface area contributed by atoms with Crippen LogP contribution < -0.4 is 19.5 Å². The number of amides is 1. The number of ether oxygens (including phenoxy) is 3. The third kappa shape index (κ3) is 5.67. The SMILES string of the molecule is COc1ccc(CN(C)CCC(=O)Nc2cc(Cl)ccc2Cl)c(OC)c1OC. The van der Waals surface area contributed by atoms with Crippen molar-refractivity contribution in [3.05, 3.63) is 45.9 Å². The second kappa shape index (κ2) is 10.4. The van der Waals surface area contributed by atoms with E-state index >= 15 is 0 Å². The summed E-state index contributed by atoms with van der Waals surface area (Å²) in [6.45, 7) is 1.12. The third-order valence-corrected chi connectivity index (χ3v) is 4.71. The van der Waals surface area contributed by atoms with Gasteiger partial charge < -0.3 is 24.4 Å². The lowest BCUT2D eigenvalue weighted by atomic mass is 10.1. The first-order valence-electron chi connectivity index (χ1n) is 8.60. The van der Waals surface area contributed by atoms with E-state index in [0.717, 1.165) is 5.56 Å². The molecule has 0 aromatic heterocycles. The summed E-state index contributed by atoms with van der Waals surface area (Å²) in [6.07, 6.45) is 0.301. The van der Waals surface area contributed by atoms with Crippen LogP contribution in [0.3, 0.4) is 0 Å². The van der Waals surface area contributed by atoms with Crippen LogP contribution >= 0.6 is 23.2 Å². The molecule has 2 aromatic rings. The standard InChI is InChI=1S/C20H24Cl2N2O4/c1-24(10-9-18(25)23-16-11-14(21)6-7-15(16)22)12-13-5-8-17(26-2)20(28-4)19(13)27-3/h5-8,11H,9-10,12H2,1-4H3,(H,23,25). The monoisotopic (exact) mass is 426 g/mol. The molecule has 0 saturated heterocycles. The fraction of sp³-hybridized carbons (Fsp3) is 0.350.